The Morgan fingerprint density at radius 2 is 2.11 bits per heavy atom. The average molecular weight is 265 g/mol. The lowest BCUT2D eigenvalue weighted by Crippen LogP contribution is -2.34. The fourth-order valence-electron chi connectivity index (χ4n) is 1.56. The van der Waals surface area contributed by atoms with Crippen molar-refractivity contribution >= 4 is 5.91 Å². The molecule has 0 bridgehead atoms. The summed E-state index contributed by atoms with van der Waals surface area (Å²) < 4.78 is 5.40. The molecule has 0 fully saturated rings. The van der Waals surface area contributed by atoms with Crippen LogP contribution in [0.25, 0.3) is 0 Å². The molecule has 1 rings (SSSR count). The summed E-state index contributed by atoms with van der Waals surface area (Å²) in [5.41, 5.74) is 0.822. The first kappa shape index (κ1) is 15.2. The fraction of sp³-hybridized carbons (Fsp3) is 0.357. The molecule has 1 amide bonds. The highest BCUT2D eigenvalue weighted by molar-refractivity contribution is 5.77. The summed E-state index contributed by atoms with van der Waals surface area (Å²) in [6.07, 6.45) is 1.69. The zero-order valence-electron chi connectivity index (χ0n) is 11.0. The standard InChI is InChI=1S/C14H19NO4/c1-3-9-15(4-2)14(16)11-18-13-7-5-12(6-8-13)10-19-17/h3,5-8,17H,1,4,9-11H2,2H3. The molecule has 5 nitrogen and oxygen atoms in total. The molecule has 0 radical (unpaired) electrons. The lowest BCUT2D eigenvalue weighted by atomic mass is 10.2. The number of carbonyl (C=O) groups is 1. The number of ether oxygens (including phenoxy) is 1. The Labute approximate surface area is 113 Å². The molecule has 0 spiro atoms. The van der Waals surface area contributed by atoms with Crippen LogP contribution in [-0.2, 0) is 16.3 Å². The second-order valence-electron chi connectivity index (χ2n) is 3.93. The van der Waals surface area contributed by atoms with Crippen molar-refractivity contribution in [3.05, 3.63) is 42.5 Å². The topological polar surface area (TPSA) is 59.0 Å². The van der Waals surface area contributed by atoms with Crippen LogP contribution in [0, 0.1) is 0 Å². The first-order valence-corrected chi connectivity index (χ1v) is 6.08. The molecule has 0 unspecified atom stereocenters. The van der Waals surface area contributed by atoms with Crippen LogP contribution < -0.4 is 4.74 Å². The zero-order chi connectivity index (χ0) is 14.1. The number of benzene rings is 1. The third kappa shape index (κ3) is 5.11. The summed E-state index contributed by atoms with van der Waals surface area (Å²) in [6.45, 7) is 6.79. The van der Waals surface area contributed by atoms with Gasteiger partial charge in [-0.15, -0.1) is 6.58 Å². The molecule has 0 aliphatic rings. The average Bonchev–Trinajstić information content (AvgIpc) is 2.44. The Balaban J connectivity index is 2.47. The van der Waals surface area contributed by atoms with Crippen molar-refractivity contribution < 1.29 is 19.7 Å². The highest BCUT2D eigenvalue weighted by atomic mass is 17.1. The molecule has 19 heavy (non-hydrogen) atoms. The number of amides is 1. The maximum Gasteiger partial charge on any atom is 0.260 e. The van der Waals surface area contributed by atoms with Crippen LogP contribution in [0.3, 0.4) is 0 Å². The molecule has 0 aliphatic carbocycles. The Hall–Kier alpha value is -1.85. The summed E-state index contributed by atoms with van der Waals surface area (Å²) in [4.78, 5) is 17.5. The van der Waals surface area contributed by atoms with Crippen LogP contribution in [0.5, 0.6) is 5.75 Å². The van der Waals surface area contributed by atoms with E-state index in [2.05, 4.69) is 11.5 Å². The highest BCUT2D eigenvalue weighted by Gasteiger charge is 2.10. The Bertz CT molecular complexity index is 402. The Morgan fingerprint density at radius 1 is 1.42 bits per heavy atom. The molecule has 104 valence electrons. The molecule has 1 aromatic carbocycles. The Morgan fingerprint density at radius 3 is 2.63 bits per heavy atom. The first-order chi connectivity index (χ1) is 9.21. The molecule has 0 heterocycles. The zero-order valence-corrected chi connectivity index (χ0v) is 11.0. The highest BCUT2D eigenvalue weighted by Crippen LogP contribution is 2.12. The van der Waals surface area contributed by atoms with Gasteiger partial charge in [0.1, 0.15) is 12.4 Å². The third-order valence-electron chi connectivity index (χ3n) is 2.60. The van der Waals surface area contributed by atoms with Crippen LogP contribution in [0.1, 0.15) is 12.5 Å². The van der Waals surface area contributed by atoms with E-state index in [0.717, 1.165) is 5.56 Å². The van der Waals surface area contributed by atoms with E-state index >= 15 is 0 Å². The van der Waals surface area contributed by atoms with Gasteiger partial charge in [-0.3, -0.25) is 10.1 Å². The minimum atomic E-state index is -0.0785. The van der Waals surface area contributed by atoms with Gasteiger partial charge in [0, 0.05) is 13.1 Å². The van der Waals surface area contributed by atoms with Crippen molar-refractivity contribution in [1.82, 2.24) is 4.90 Å². The maximum absolute atomic E-state index is 11.8. The van der Waals surface area contributed by atoms with Crippen molar-refractivity contribution in [2.45, 2.75) is 13.5 Å². The van der Waals surface area contributed by atoms with Crippen molar-refractivity contribution in [1.29, 1.82) is 0 Å². The van der Waals surface area contributed by atoms with Gasteiger partial charge in [-0.05, 0) is 24.6 Å². The van der Waals surface area contributed by atoms with Crippen LogP contribution in [0.15, 0.2) is 36.9 Å². The number of rotatable bonds is 8. The minimum Gasteiger partial charge on any atom is -0.484 e. The molecule has 1 aromatic rings. The van der Waals surface area contributed by atoms with Crippen LogP contribution in [0.4, 0.5) is 0 Å². The number of hydrogen-bond acceptors (Lipinski definition) is 4. The smallest absolute Gasteiger partial charge is 0.260 e. The van der Waals surface area contributed by atoms with Crippen LogP contribution in [-0.4, -0.2) is 35.8 Å². The molecule has 0 aliphatic heterocycles. The van der Waals surface area contributed by atoms with Gasteiger partial charge in [-0.25, -0.2) is 4.89 Å². The third-order valence-corrected chi connectivity index (χ3v) is 2.60. The SMILES string of the molecule is C=CCN(CC)C(=O)COc1ccc(COO)cc1. The van der Waals surface area contributed by atoms with E-state index < -0.39 is 0 Å². The summed E-state index contributed by atoms with van der Waals surface area (Å²) >= 11 is 0. The van der Waals surface area contributed by atoms with Gasteiger partial charge in [0.05, 0.1) is 0 Å². The van der Waals surface area contributed by atoms with E-state index in [9.17, 15) is 4.79 Å². The van der Waals surface area contributed by atoms with Crippen molar-refractivity contribution in [3.8, 4) is 5.75 Å². The first-order valence-electron chi connectivity index (χ1n) is 6.08. The minimum absolute atomic E-state index is 0.00245. The molecular weight excluding hydrogens is 246 g/mol. The van der Waals surface area contributed by atoms with Gasteiger partial charge >= 0.3 is 0 Å². The van der Waals surface area contributed by atoms with Gasteiger partial charge in [-0.2, -0.15) is 0 Å². The fourth-order valence-corrected chi connectivity index (χ4v) is 1.56. The molecule has 5 heteroatoms. The maximum atomic E-state index is 11.8. The molecule has 0 saturated carbocycles. The summed E-state index contributed by atoms with van der Waals surface area (Å²) in [5.74, 6) is 0.523. The molecule has 0 atom stereocenters. The predicted octanol–water partition coefficient (Wildman–Crippen LogP) is 2.09. The van der Waals surface area contributed by atoms with E-state index in [0.29, 0.717) is 18.8 Å². The normalized spacial score (nSPS) is 10.0. The lowest BCUT2D eigenvalue weighted by Gasteiger charge is -2.19. The van der Waals surface area contributed by atoms with E-state index in [-0.39, 0.29) is 19.1 Å². The van der Waals surface area contributed by atoms with Gasteiger partial charge < -0.3 is 9.64 Å². The van der Waals surface area contributed by atoms with Gasteiger partial charge in [0.25, 0.3) is 5.91 Å². The van der Waals surface area contributed by atoms with Crippen LogP contribution in [0.2, 0.25) is 0 Å². The number of carbonyl (C=O) groups excluding carboxylic acids is 1. The van der Waals surface area contributed by atoms with Gasteiger partial charge in [0.15, 0.2) is 6.61 Å². The Kier molecular flexibility index (Phi) is 6.63. The van der Waals surface area contributed by atoms with Gasteiger partial charge in [0.2, 0.25) is 0 Å². The lowest BCUT2D eigenvalue weighted by molar-refractivity contribution is -0.253. The molecule has 0 aromatic heterocycles. The number of nitrogens with zero attached hydrogens (tertiary/aromatic N) is 1. The van der Waals surface area contributed by atoms with Crippen molar-refractivity contribution in [2.75, 3.05) is 19.7 Å². The predicted molar refractivity (Wildman–Crippen MR) is 71.8 cm³/mol. The molecule has 0 saturated heterocycles. The largest absolute Gasteiger partial charge is 0.484 e. The summed E-state index contributed by atoms with van der Waals surface area (Å²) in [5, 5.41) is 8.31. The van der Waals surface area contributed by atoms with Crippen molar-refractivity contribution in [3.63, 3.8) is 0 Å². The van der Waals surface area contributed by atoms with Crippen molar-refractivity contribution in [2.24, 2.45) is 0 Å². The second-order valence-corrected chi connectivity index (χ2v) is 3.93. The monoisotopic (exact) mass is 265 g/mol. The molecular formula is C14H19NO4. The quantitative estimate of drug-likeness (QED) is 0.444. The number of likely N-dealkylation sites (N-methyl/N-ethyl adjacent to an activating group) is 1. The number of hydrogen-bond donors (Lipinski definition) is 1. The summed E-state index contributed by atoms with van der Waals surface area (Å²) in [7, 11) is 0. The van der Waals surface area contributed by atoms with E-state index in [1.165, 1.54) is 0 Å². The second kappa shape index (κ2) is 8.29. The summed E-state index contributed by atoms with van der Waals surface area (Å²) in [6, 6.07) is 6.98. The van der Waals surface area contributed by atoms with E-state index in [1.54, 1.807) is 35.2 Å². The van der Waals surface area contributed by atoms with E-state index in [1.807, 2.05) is 6.92 Å². The molecule has 1 N–H and O–H groups in total. The van der Waals surface area contributed by atoms with Gasteiger partial charge in [-0.1, -0.05) is 18.2 Å². The van der Waals surface area contributed by atoms with E-state index in [4.69, 9.17) is 9.99 Å². The van der Waals surface area contributed by atoms with Crippen LogP contribution >= 0.6 is 0 Å².